The number of hydrogen-bond donors (Lipinski definition) is 6. The number of nitrogens with one attached hydrogen (secondary N) is 3. The number of ether oxygens (including phenoxy) is 6. The van der Waals surface area contributed by atoms with Crippen LogP contribution in [0.4, 0.5) is 4.79 Å². The van der Waals surface area contributed by atoms with Crippen LogP contribution in [-0.4, -0.2) is 145 Å². The molecule has 0 aromatic heterocycles. The molecule has 1 aliphatic rings. The van der Waals surface area contributed by atoms with E-state index in [1.165, 1.54) is 35.1 Å². The molecule has 0 spiro atoms. The third kappa shape index (κ3) is 30.4. The Bertz CT molecular complexity index is 2250. The van der Waals surface area contributed by atoms with Gasteiger partial charge >= 0.3 is 18.0 Å². The number of fused-ring (bicyclic) bond motifs is 3. The van der Waals surface area contributed by atoms with Crippen molar-refractivity contribution in [1.82, 2.24) is 16.0 Å². The summed E-state index contributed by atoms with van der Waals surface area (Å²) in [5.41, 5.74) is 13.1. The van der Waals surface area contributed by atoms with Crippen LogP contribution in [0.2, 0.25) is 0 Å². The fourth-order valence-corrected chi connectivity index (χ4v) is 7.37. The Balaban J connectivity index is 0.000000448. The van der Waals surface area contributed by atoms with Crippen LogP contribution in [0, 0.1) is 0 Å². The lowest BCUT2D eigenvalue weighted by Crippen LogP contribution is -2.29. The summed E-state index contributed by atoms with van der Waals surface area (Å²) in [4.78, 5) is 67.3. The average molecular weight is 1090 g/mol. The molecule has 4 aromatic carbocycles. The molecule has 5 rings (SSSR count). The summed E-state index contributed by atoms with van der Waals surface area (Å²) < 4.78 is 31.6. The molecule has 0 saturated heterocycles. The standard InChI is InChI=1S/C26H35N3O6.C25H31NO6.C5H12O.C4H8O/c27-13-16-34-18-19-35-17-15-29-26(33)23-11-7-21(8-12-23)20-5-9-22(10-6-20)25(32)28-14-3-1-2-4-24(30)31;27-24(28)12-16-30-14-6-1-7-15-31-17-13-26-25(29)32-18-23-21-10-4-2-8-19(21)20-9-3-5-11-22(20)23;1-3-4-5-6-2;1-3-4(2)5/h5-12H,1-4,13-19,27H2,(H,28,32)(H,29,33)(H,30,31);2-5,8-11,23H,1,6-7,12-18H2,(H,26,29)(H,27,28);3-5H2,1-2H3;3H2,1-2H3. The number of unbranched alkanes of at least 4 members (excludes halogenated alkanes) is 5. The van der Waals surface area contributed by atoms with E-state index < -0.39 is 18.0 Å². The lowest BCUT2D eigenvalue weighted by molar-refractivity contribution is -0.138. The fraction of sp³-hybridized carbons (Fsp3) is 0.500. The first-order chi connectivity index (χ1) is 37.9. The molecule has 0 bridgehead atoms. The van der Waals surface area contributed by atoms with E-state index in [1.54, 1.807) is 38.3 Å². The molecule has 0 atom stereocenters. The van der Waals surface area contributed by atoms with Crippen LogP contribution < -0.4 is 21.7 Å². The Morgan fingerprint density at radius 2 is 0.987 bits per heavy atom. The van der Waals surface area contributed by atoms with Gasteiger partial charge in [0.1, 0.15) is 12.4 Å². The van der Waals surface area contributed by atoms with Gasteiger partial charge in [-0.15, -0.1) is 0 Å². The van der Waals surface area contributed by atoms with Crippen molar-refractivity contribution in [2.24, 2.45) is 5.73 Å². The number of carboxylic acid groups (broad SMARTS) is 2. The molecule has 0 aliphatic heterocycles. The Kier molecular flexibility index (Phi) is 37.6. The number of nitrogens with two attached hydrogens (primary N) is 1. The molecule has 4 aromatic rings. The van der Waals surface area contributed by atoms with Gasteiger partial charge in [0.15, 0.2) is 0 Å². The summed E-state index contributed by atoms with van der Waals surface area (Å²) in [6.45, 7) is 12.3. The second-order valence-corrected chi connectivity index (χ2v) is 18.0. The highest BCUT2D eigenvalue weighted by atomic mass is 16.6. The van der Waals surface area contributed by atoms with Crippen molar-refractivity contribution in [1.29, 1.82) is 0 Å². The molecule has 7 N–H and O–H groups in total. The minimum Gasteiger partial charge on any atom is -0.481 e. The topological polar surface area (TPSA) is 260 Å². The van der Waals surface area contributed by atoms with Gasteiger partial charge in [0.05, 0.1) is 46.1 Å². The smallest absolute Gasteiger partial charge is 0.407 e. The van der Waals surface area contributed by atoms with Gasteiger partial charge < -0.3 is 65.1 Å². The van der Waals surface area contributed by atoms with Crippen LogP contribution in [0.1, 0.15) is 129 Å². The first kappa shape index (κ1) is 67.6. The maximum absolute atomic E-state index is 12.3. The van der Waals surface area contributed by atoms with Gasteiger partial charge in [0.2, 0.25) is 0 Å². The van der Waals surface area contributed by atoms with Crippen LogP contribution in [0.25, 0.3) is 22.3 Å². The number of carboxylic acids is 2. The van der Waals surface area contributed by atoms with E-state index in [1.807, 2.05) is 55.5 Å². The Morgan fingerprint density at radius 1 is 0.513 bits per heavy atom. The predicted molar refractivity (Wildman–Crippen MR) is 302 cm³/mol. The van der Waals surface area contributed by atoms with Gasteiger partial charge in [-0.05, 0) is 103 Å². The minimum atomic E-state index is -0.843. The maximum Gasteiger partial charge on any atom is 0.407 e. The number of rotatable bonds is 35. The van der Waals surface area contributed by atoms with E-state index in [4.69, 9.17) is 44.4 Å². The number of ketones is 1. The Hall–Kier alpha value is -6.54. The minimum absolute atomic E-state index is 0.0415. The van der Waals surface area contributed by atoms with E-state index >= 15 is 0 Å². The molecule has 0 unspecified atom stereocenters. The zero-order chi connectivity index (χ0) is 57.0. The molecular formula is C60H86N4O14. The third-order valence-corrected chi connectivity index (χ3v) is 11.7. The molecule has 78 heavy (non-hydrogen) atoms. The monoisotopic (exact) mass is 1090 g/mol. The van der Waals surface area contributed by atoms with Gasteiger partial charge in [-0.3, -0.25) is 19.2 Å². The summed E-state index contributed by atoms with van der Waals surface area (Å²) in [6.07, 6.45) is 7.69. The van der Waals surface area contributed by atoms with Crippen molar-refractivity contribution >= 4 is 35.6 Å². The first-order valence-electron chi connectivity index (χ1n) is 27.1. The number of benzene rings is 4. The van der Waals surface area contributed by atoms with Crippen LogP contribution in [-0.2, 0) is 42.8 Å². The number of aliphatic carboxylic acids is 2. The summed E-state index contributed by atoms with van der Waals surface area (Å²) in [5.74, 6) is -1.66. The first-order valence-corrected chi connectivity index (χ1v) is 27.1. The summed E-state index contributed by atoms with van der Waals surface area (Å²) in [6, 6.07) is 31.0. The van der Waals surface area contributed by atoms with E-state index in [0.717, 1.165) is 49.8 Å². The number of methoxy groups -OCH3 is 1. The number of carbonyl (C=O) groups excluding carboxylic acids is 4. The number of hydrogen-bond acceptors (Lipinski definition) is 13. The number of carbonyl (C=O) groups is 6. The van der Waals surface area contributed by atoms with Crippen LogP contribution in [0.15, 0.2) is 97.1 Å². The van der Waals surface area contributed by atoms with Gasteiger partial charge in [0, 0.05) is 83.0 Å². The average Bonchev–Trinajstić information content (AvgIpc) is 3.80. The third-order valence-electron chi connectivity index (χ3n) is 11.7. The largest absolute Gasteiger partial charge is 0.481 e. The zero-order valence-electron chi connectivity index (χ0n) is 46.4. The highest BCUT2D eigenvalue weighted by molar-refractivity contribution is 5.95. The summed E-state index contributed by atoms with van der Waals surface area (Å²) in [7, 11) is 1.73. The number of Topliss-reactive ketones (excluding diaryl/α,β-unsaturated/α-hetero) is 1. The lowest BCUT2D eigenvalue weighted by atomic mass is 9.98. The molecule has 18 nitrogen and oxygen atoms in total. The van der Waals surface area contributed by atoms with Crippen molar-refractivity contribution < 1.29 is 67.4 Å². The van der Waals surface area contributed by atoms with Gasteiger partial charge in [0.25, 0.3) is 11.8 Å². The van der Waals surface area contributed by atoms with Crippen molar-refractivity contribution in [2.75, 3.05) is 99.4 Å². The molecule has 0 radical (unpaired) electrons. The van der Waals surface area contributed by atoms with E-state index in [-0.39, 0.29) is 43.0 Å². The van der Waals surface area contributed by atoms with E-state index in [9.17, 15) is 28.8 Å². The van der Waals surface area contributed by atoms with Gasteiger partial charge in [-0.25, -0.2) is 4.79 Å². The molecule has 0 heterocycles. The maximum atomic E-state index is 12.3. The molecule has 0 saturated carbocycles. The Labute approximate surface area is 461 Å². The highest BCUT2D eigenvalue weighted by Crippen LogP contribution is 2.44. The molecule has 1 aliphatic carbocycles. The van der Waals surface area contributed by atoms with Crippen LogP contribution in [0.3, 0.4) is 0 Å². The summed E-state index contributed by atoms with van der Waals surface area (Å²) in [5, 5.41) is 25.5. The molecule has 0 fully saturated rings. The number of amides is 3. The fourth-order valence-electron chi connectivity index (χ4n) is 7.37. The van der Waals surface area contributed by atoms with Gasteiger partial charge in [-0.1, -0.05) is 99.5 Å². The van der Waals surface area contributed by atoms with Crippen molar-refractivity contribution in [3.05, 3.63) is 119 Å². The second-order valence-electron chi connectivity index (χ2n) is 18.0. The molecular weight excluding hydrogens is 1000 g/mol. The number of alkyl carbamates (subject to hydrolysis) is 1. The lowest BCUT2D eigenvalue weighted by Gasteiger charge is -2.14. The SMILES string of the molecule is CCC(C)=O.CCCCOC.NCCOCCOCCNC(=O)c1ccc(-c2ccc(C(=O)NCCCCCC(=O)O)cc2)cc1.O=C(O)CCOCCCCCOCCNC(=O)OCC1c2ccccc2-c2ccccc21. The summed E-state index contributed by atoms with van der Waals surface area (Å²) >= 11 is 0. The molecule has 3 amide bonds. The van der Waals surface area contributed by atoms with Crippen molar-refractivity contribution in [2.45, 2.75) is 97.3 Å². The predicted octanol–water partition coefficient (Wildman–Crippen LogP) is 9.07. The van der Waals surface area contributed by atoms with E-state index in [2.05, 4.69) is 47.1 Å². The zero-order valence-corrected chi connectivity index (χ0v) is 46.4. The normalized spacial score (nSPS) is 11.0. The molecule has 430 valence electrons. The second kappa shape index (κ2) is 43.4. The van der Waals surface area contributed by atoms with Crippen molar-refractivity contribution in [3.8, 4) is 22.3 Å². The van der Waals surface area contributed by atoms with Crippen molar-refractivity contribution in [3.63, 3.8) is 0 Å². The Morgan fingerprint density at radius 3 is 1.47 bits per heavy atom. The van der Waals surface area contributed by atoms with Gasteiger partial charge in [-0.2, -0.15) is 0 Å². The van der Waals surface area contributed by atoms with E-state index in [0.29, 0.717) is 103 Å². The highest BCUT2D eigenvalue weighted by Gasteiger charge is 2.29. The van der Waals surface area contributed by atoms with Crippen LogP contribution in [0.5, 0.6) is 0 Å². The quantitative estimate of drug-likeness (QED) is 0.0235. The molecule has 18 heteroatoms. The van der Waals surface area contributed by atoms with Crippen LogP contribution >= 0.6 is 0 Å².